The summed E-state index contributed by atoms with van der Waals surface area (Å²) >= 11 is 0. The molecular formula is C20H22F3N3O3. The van der Waals surface area contributed by atoms with Gasteiger partial charge in [-0.3, -0.25) is 4.79 Å². The summed E-state index contributed by atoms with van der Waals surface area (Å²) in [4.78, 5) is 23.4. The molecule has 0 atom stereocenters. The van der Waals surface area contributed by atoms with Crippen molar-refractivity contribution in [1.82, 2.24) is 10.6 Å². The molecule has 2 aromatic carbocycles. The number of anilines is 1. The number of hydrogen-bond acceptors (Lipinski definition) is 3. The third-order valence-electron chi connectivity index (χ3n) is 3.92. The van der Waals surface area contributed by atoms with Crippen molar-refractivity contribution in [3.05, 3.63) is 59.7 Å². The fraction of sp³-hybridized carbons (Fsp3) is 0.300. The Labute approximate surface area is 166 Å². The summed E-state index contributed by atoms with van der Waals surface area (Å²) in [7, 11) is 1.59. The fourth-order valence-corrected chi connectivity index (χ4v) is 2.44. The highest BCUT2D eigenvalue weighted by molar-refractivity contribution is 5.89. The molecule has 2 aromatic rings. The summed E-state index contributed by atoms with van der Waals surface area (Å²) in [6.07, 6.45) is -3.96. The average Bonchev–Trinajstić information content (AvgIpc) is 2.68. The Hall–Kier alpha value is -3.23. The number of urea groups is 1. The van der Waals surface area contributed by atoms with E-state index in [-0.39, 0.29) is 12.5 Å². The minimum atomic E-state index is -4.44. The largest absolute Gasteiger partial charge is 0.497 e. The van der Waals surface area contributed by atoms with Gasteiger partial charge >= 0.3 is 12.2 Å². The van der Waals surface area contributed by atoms with Crippen molar-refractivity contribution in [3.8, 4) is 5.75 Å². The minimum Gasteiger partial charge on any atom is -0.497 e. The lowest BCUT2D eigenvalue weighted by Crippen LogP contribution is -2.34. The maximum Gasteiger partial charge on any atom is 0.405 e. The lowest BCUT2D eigenvalue weighted by Gasteiger charge is -2.10. The van der Waals surface area contributed by atoms with E-state index in [1.54, 1.807) is 31.4 Å². The normalized spacial score (nSPS) is 10.9. The number of halogens is 3. The van der Waals surface area contributed by atoms with E-state index in [1.807, 2.05) is 29.6 Å². The number of benzene rings is 2. The molecule has 0 radical (unpaired) electrons. The van der Waals surface area contributed by atoms with E-state index in [0.717, 1.165) is 11.3 Å². The van der Waals surface area contributed by atoms with E-state index >= 15 is 0 Å². The molecule has 0 unspecified atom stereocenters. The number of hydrogen-bond donors (Lipinski definition) is 3. The quantitative estimate of drug-likeness (QED) is 0.626. The Kier molecular flexibility index (Phi) is 7.88. The molecule has 6 nitrogen and oxygen atoms in total. The molecule has 0 spiro atoms. The van der Waals surface area contributed by atoms with Crippen LogP contribution in [0.2, 0.25) is 0 Å². The maximum atomic E-state index is 12.1. The first-order valence-electron chi connectivity index (χ1n) is 8.85. The molecule has 156 valence electrons. The van der Waals surface area contributed by atoms with Gasteiger partial charge in [0.2, 0.25) is 5.91 Å². The molecule has 9 heteroatoms. The predicted molar refractivity (Wildman–Crippen MR) is 103 cm³/mol. The van der Waals surface area contributed by atoms with Crippen LogP contribution in [-0.2, 0) is 17.6 Å². The number of methoxy groups -OCH3 is 1. The van der Waals surface area contributed by atoms with Gasteiger partial charge in [-0.25, -0.2) is 4.79 Å². The van der Waals surface area contributed by atoms with E-state index in [1.165, 1.54) is 0 Å². The number of alkyl halides is 3. The van der Waals surface area contributed by atoms with Crippen molar-refractivity contribution < 1.29 is 27.5 Å². The monoisotopic (exact) mass is 409 g/mol. The first-order chi connectivity index (χ1) is 13.7. The lowest BCUT2D eigenvalue weighted by molar-refractivity contribution is -0.138. The zero-order valence-electron chi connectivity index (χ0n) is 15.8. The average molecular weight is 409 g/mol. The van der Waals surface area contributed by atoms with Gasteiger partial charge in [0.05, 0.1) is 13.5 Å². The maximum absolute atomic E-state index is 12.1. The van der Waals surface area contributed by atoms with Gasteiger partial charge < -0.3 is 20.7 Å². The summed E-state index contributed by atoms with van der Waals surface area (Å²) in [5, 5.41) is 7.20. The number of ether oxygens (including phenoxy) is 1. The predicted octanol–water partition coefficient (Wildman–Crippen LogP) is 3.28. The Morgan fingerprint density at radius 3 is 2.14 bits per heavy atom. The number of carbonyl (C=O) groups excluding carboxylic acids is 2. The second-order valence-corrected chi connectivity index (χ2v) is 6.24. The third-order valence-corrected chi connectivity index (χ3v) is 3.92. The van der Waals surface area contributed by atoms with Crippen molar-refractivity contribution in [2.75, 3.05) is 25.5 Å². The molecule has 2 rings (SSSR count). The Morgan fingerprint density at radius 1 is 0.931 bits per heavy atom. The van der Waals surface area contributed by atoms with Crippen LogP contribution in [0.3, 0.4) is 0 Å². The van der Waals surface area contributed by atoms with Crippen molar-refractivity contribution >= 4 is 17.6 Å². The second kappa shape index (κ2) is 10.4. The molecule has 0 aliphatic heterocycles. The summed E-state index contributed by atoms with van der Waals surface area (Å²) in [6, 6.07) is 13.4. The first-order valence-corrected chi connectivity index (χ1v) is 8.85. The van der Waals surface area contributed by atoms with Gasteiger partial charge in [0, 0.05) is 12.2 Å². The number of carbonyl (C=O) groups is 2. The van der Waals surface area contributed by atoms with Gasteiger partial charge in [0.25, 0.3) is 0 Å². The van der Waals surface area contributed by atoms with Crippen molar-refractivity contribution in [3.63, 3.8) is 0 Å². The van der Waals surface area contributed by atoms with E-state index in [2.05, 4.69) is 10.6 Å². The van der Waals surface area contributed by atoms with E-state index < -0.39 is 18.6 Å². The summed E-state index contributed by atoms with van der Waals surface area (Å²) < 4.78 is 41.3. The van der Waals surface area contributed by atoms with Gasteiger partial charge in [-0.1, -0.05) is 24.3 Å². The van der Waals surface area contributed by atoms with Crippen LogP contribution in [0.1, 0.15) is 11.1 Å². The molecule has 0 fully saturated rings. The lowest BCUT2D eigenvalue weighted by atomic mass is 10.1. The Morgan fingerprint density at radius 2 is 1.55 bits per heavy atom. The smallest absolute Gasteiger partial charge is 0.405 e. The zero-order valence-corrected chi connectivity index (χ0v) is 15.8. The molecule has 3 amide bonds. The van der Waals surface area contributed by atoms with Crippen LogP contribution in [-0.4, -0.2) is 38.3 Å². The van der Waals surface area contributed by atoms with Crippen LogP contribution in [0.25, 0.3) is 0 Å². The van der Waals surface area contributed by atoms with Crippen LogP contribution >= 0.6 is 0 Å². The van der Waals surface area contributed by atoms with E-state index in [4.69, 9.17) is 4.74 Å². The highest BCUT2D eigenvalue weighted by Gasteiger charge is 2.27. The number of amides is 3. The van der Waals surface area contributed by atoms with Crippen LogP contribution < -0.4 is 20.7 Å². The third kappa shape index (κ3) is 8.54. The van der Waals surface area contributed by atoms with E-state index in [9.17, 15) is 22.8 Å². The zero-order chi connectivity index (χ0) is 21.3. The molecule has 0 aliphatic carbocycles. The summed E-state index contributed by atoms with van der Waals surface area (Å²) in [5.41, 5.74) is 2.10. The minimum absolute atomic E-state index is 0.176. The topological polar surface area (TPSA) is 79.5 Å². The number of rotatable bonds is 8. The Balaban J connectivity index is 1.72. The fourth-order valence-electron chi connectivity index (χ4n) is 2.44. The van der Waals surface area contributed by atoms with Gasteiger partial charge in [0.1, 0.15) is 12.3 Å². The summed E-state index contributed by atoms with van der Waals surface area (Å²) in [5.74, 6) is 0.0417. The molecular weight excluding hydrogens is 387 g/mol. The van der Waals surface area contributed by atoms with Gasteiger partial charge in [-0.2, -0.15) is 13.2 Å². The van der Waals surface area contributed by atoms with Gasteiger partial charge in [-0.05, 0) is 41.8 Å². The van der Waals surface area contributed by atoms with E-state index in [0.29, 0.717) is 24.2 Å². The SMILES string of the molecule is COc1ccc(CCNC(=O)Nc2ccc(CC(=O)NCC(F)(F)F)cc2)cc1. The van der Waals surface area contributed by atoms with Crippen LogP contribution in [0.5, 0.6) is 5.75 Å². The molecule has 29 heavy (non-hydrogen) atoms. The first kappa shape index (κ1) is 22.1. The van der Waals surface area contributed by atoms with Crippen molar-refractivity contribution in [2.45, 2.75) is 19.0 Å². The highest BCUT2D eigenvalue weighted by atomic mass is 19.4. The summed E-state index contributed by atoms with van der Waals surface area (Å²) in [6.45, 7) is -0.919. The second-order valence-electron chi connectivity index (χ2n) is 6.24. The Bertz CT molecular complexity index is 806. The van der Waals surface area contributed by atoms with Crippen molar-refractivity contribution in [2.24, 2.45) is 0 Å². The van der Waals surface area contributed by atoms with Crippen LogP contribution in [0.15, 0.2) is 48.5 Å². The molecule has 3 N–H and O–H groups in total. The number of nitrogens with one attached hydrogen (secondary N) is 3. The standard InChI is InChI=1S/C20H22F3N3O3/c1-29-17-8-4-14(5-9-17)10-11-24-19(28)26-16-6-2-15(3-7-16)12-18(27)25-13-20(21,22)23/h2-9H,10-13H2,1H3,(H,25,27)(H2,24,26,28). The van der Waals surface area contributed by atoms with Crippen molar-refractivity contribution in [1.29, 1.82) is 0 Å². The molecule has 0 bridgehead atoms. The van der Waals surface area contributed by atoms with Crippen LogP contribution in [0.4, 0.5) is 23.7 Å². The van der Waals surface area contributed by atoms with Gasteiger partial charge in [0.15, 0.2) is 0 Å². The molecule has 0 aromatic heterocycles. The molecule has 0 aliphatic rings. The highest BCUT2D eigenvalue weighted by Crippen LogP contribution is 2.14. The van der Waals surface area contributed by atoms with Crippen LogP contribution in [0, 0.1) is 0 Å². The molecule has 0 saturated heterocycles. The molecule has 0 saturated carbocycles. The van der Waals surface area contributed by atoms with Gasteiger partial charge in [-0.15, -0.1) is 0 Å². The molecule has 0 heterocycles.